The van der Waals surface area contributed by atoms with Crippen molar-refractivity contribution in [1.29, 1.82) is 0 Å². The van der Waals surface area contributed by atoms with Crippen LogP contribution >= 0.6 is 0 Å². The zero-order valence-electron chi connectivity index (χ0n) is 11.6. The van der Waals surface area contributed by atoms with Crippen LogP contribution < -0.4 is 0 Å². The fourth-order valence-electron chi connectivity index (χ4n) is 2.99. The second-order valence-electron chi connectivity index (χ2n) is 5.61. The molecule has 0 spiro atoms. The highest BCUT2D eigenvalue weighted by atomic mass is 32.2. The van der Waals surface area contributed by atoms with E-state index in [9.17, 15) is 21.6 Å². The van der Waals surface area contributed by atoms with Crippen LogP contribution in [0, 0.1) is 5.92 Å². The molecule has 6 nitrogen and oxygen atoms in total. The van der Waals surface area contributed by atoms with Crippen molar-refractivity contribution in [2.24, 2.45) is 5.92 Å². The molecule has 1 atom stereocenters. The first-order chi connectivity index (χ1) is 9.24. The summed E-state index contributed by atoms with van der Waals surface area (Å²) in [6.45, 7) is 2.31. The molecule has 0 saturated carbocycles. The minimum absolute atomic E-state index is 0.0393. The summed E-state index contributed by atoms with van der Waals surface area (Å²) < 4.78 is 45.8. The number of rotatable bonds is 3. The first-order valence-corrected chi connectivity index (χ1v) is 10.6. The minimum Gasteiger partial charge on any atom is -0.339 e. The van der Waals surface area contributed by atoms with Crippen molar-refractivity contribution >= 4 is 25.6 Å². The minimum atomic E-state index is -3.02. The van der Waals surface area contributed by atoms with Crippen LogP contribution in [0.2, 0.25) is 0 Å². The second-order valence-corrected chi connectivity index (χ2v) is 10.1. The summed E-state index contributed by atoms with van der Waals surface area (Å²) >= 11 is 0. The van der Waals surface area contributed by atoms with E-state index in [1.807, 2.05) is 6.92 Å². The zero-order valence-corrected chi connectivity index (χ0v) is 13.2. The quantitative estimate of drug-likeness (QED) is 0.720. The third kappa shape index (κ3) is 3.52. The molecule has 0 bridgehead atoms. The Balaban J connectivity index is 2.03. The SMILES string of the molecule is CCN(C(=O)C1CCS(=O)(=O)CC1)C1CCS(=O)(=O)C1. The third-order valence-corrected chi connectivity index (χ3v) is 7.64. The largest absolute Gasteiger partial charge is 0.339 e. The summed E-state index contributed by atoms with van der Waals surface area (Å²) in [5.74, 6) is -0.0577. The van der Waals surface area contributed by atoms with E-state index in [0.717, 1.165) is 0 Å². The van der Waals surface area contributed by atoms with Gasteiger partial charge in [0.05, 0.1) is 23.0 Å². The van der Waals surface area contributed by atoms with Crippen LogP contribution in [0.15, 0.2) is 0 Å². The van der Waals surface area contributed by atoms with Crippen molar-refractivity contribution in [3.63, 3.8) is 0 Å². The molecule has 20 heavy (non-hydrogen) atoms. The molecule has 116 valence electrons. The van der Waals surface area contributed by atoms with Crippen LogP contribution in [0.3, 0.4) is 0 Å². The van der Waals surface area contributed by atoms with Crippen molar-refractivity contribution in [3.8, 4) is 0 Å². The van der Waals surface area contributed by atoms with Crippen molar-refractivity contribution in [3.05, 3.63) is 0 Å². The van der Waals surface area contributed by atoms with Gasteiger partial charge in [-0.1, -0.05) is 0 Å². The summed E-state index contributed by atoms with van der Waals surface area (Å²) in [5, 5.41) is 0. The van der Waals surface area contributed by atoms with Gasteiger partial charge in [-0.05, 0) is 26.2 Å². The Morgan fingerprint density at radius 2 is 1.55 bits per heavy atom. The molecule has 0 radical (unpaired) electrons. The summed E-state index contributed by atoms with van der Waals surface area (Å²) in [7, 11) is -6.01. The Morgan fingerprint density at radius 1 is 1.00 bits per heavy atom. The Bertz CT molecular complexity index is 567. The number of sulfone groups is 2. The number of carbonyl (C=O) groups is 1. The zero-order chi connectivity index (χ0) is 15.0. The van der Waals surface area contributed by atoms with Gasteiger partial charge < -0.3 is 4.90 Å². The lowest BCUT2D eigenvalue weighted by atomic mass is 10.00. The lowest BCUT2D eigenvalue weighted by Crippen LogP contribution is -2.45. The van der Waals surface area contributed by atoms with Gasteiger partial charge >= 0.3 is 0 Å². The number of hydrogen-bond acceptors (Lipinski definition) is 5. The van der Waals surface area contributed by atoms with E-state index in [0.29, 0.717) is 25.8 Å². The monoisotopic (exact) mass is 323 g/mol. The number of hydrogen-bond donors (Lipinski definition) is 0. The van der Waals surface area contributed by atoms with Gasteiger partial charge in [-0.3, -0.25) is 4.79 Å². The number of nitrogens with zero attached hydrogens (tertiary/aromatic N) is 1. The van der Waals surface area contributed by atoms with Gasteiger partial charge in [0.15, 0.2) is 9.84 Å². The maximum Gasteiger partial charge on any atom is 0.226 e. The Hall–Kier alpha value is -0.630. The average molecular weight is 323 g/mol. The van der Waals surface area contributed by atoms with E-state index in [4.69, 9.17) is 0 Å². The molecule has 1 amide bonds. The Morgan fingerprint density at radius 3 is 2.00 bits per heavy atom. The molecular weight excluding hydrogens is 302 g/mol. The molecule has 0 aromatic heterocycles. The Kier molecular flexibility index (Phi) is 4.44. The summed E-state index contributed by atoms with van der Waals surface area (Å²) in [5.41, 5.74) is 0. The molecule has 2 aliphatic rings. The summed E-state index contributed by atoms with van der Waals surface area (Å²) in [6, 6.07) is -0.240. The van der Waals surface area contributed by atoms with E-state index >= 15 is 0 Å². The van der Waals surface area contributed by atoms with Gasteiger partial charge in [0.25, 0.3) is 0 Å². The van der Waals surface area contributed by atoms with Crippen molar-refractivity contribution in [2.75, 3.05) is 29.6 Å². The summed E-state index contributed by atoms with van der Waals surface area (Å²) in [6.07, 6.45) is 1.21. The normalized spacial score (nSPS) is 29.1. The van der Waals surface area contributed by atoms with Crippen LogP contribution in [-0.4, -0.2) is 63.2 Å². The van der Waals surface area contributed by atoms with Gasteiger partial charge in [-0.2, -0.15) is 0 Å². The van der Waals surface area contributed by atoms with E-state index in [1.54, 1.807) is 4.90 Å². The fraction of sp³-hybridized carbons (Fsp3) is 0.917. The van der Waals surface area contributed by atoms with E-state index < -0.39 is 19.7 Å². The lowest BCUT2D eigenvalue weighted by Gasteiger charge is -2.32. The average Bonchev–Trinajstić information content (AvgIpc) is 2.70. The van der Waals surface area contributed by atoms with Crippen LogP contribution in [0.25, 0.3) is 0 Å². The van der Waals surface area contributed by atoms with Crippen LogP contribution in [0.5, 0.6) is 0 Å². The lowest BCUT2D eigenvalue weighted by molar-refractivity contribution is -0.137. The molecule has 2 rings (SSSR count). The van der Waals surface area contributed by atoms with Gasteiger partial charge in [-0.25, -0.2) is 16.8 Å². The van der Waals surface area contributed by atoms with Gasteiger partial charge in [0.1, 0.15) is 9.84 Å². The Labute approximate surface area is 120 Å². The predicted molar refractivity (Wildman–Crippen MR) is 75.8 cm³/mol. The molecule has 1 unspecified atom stereocenters. The molecular formula is C12H21NO5S2. The molecule has 0 aromatic rings. The first-order valence-electron chi connectivity index (χ1n) is 6.95. The number of amides is 1. The number of carbonyl (C=O) groups excluding carboxylic acids is 1. The standard InChI is InChI=1S/C12H21NO5S2/c1-2-13(11-5-8-20(17,18)9-11)12(14)10-3-6-19(15,16)7-4-10/h10-11H,2-9H2,1H3. The highest BCUT2D eigenvalue weighted by Gasteiger charge is 2.37. The van der Waals surface area contributed by atoms with E-state index in [2.05, 4.69) is 0 Å². The topological polar surface area (TPSA) is 88.6 Å². The molecule has 8 heteroatoms. The maximum atomic E-state index is 12.5. The van der Waals surface area contributed by atoms with E-state index in [-0.39, 0.29) is 40.9 Å². The maximum absolute atomic E-state index is 12.5. The predicted octanol–water partition coefficient (Wildman–Crippen LogP) is -0.153. The molecule has 2 aliphatic heterocycles. The smallest absolute Gasteiger partial charge is 0.226 e. The van der Waals surface area contributed by atoms with Crippen LogP contribution in [0.1, 0.15) is 26.2 Å². The third-order valence-electron chi connectivity index (χ3n) is 4.18. The first kappa shape index (κ1) is 15.8. The molecule has 0 N–H and O–H groups in total. The fourth-order valence-corrected chi connectivity index (χ4v) is 6.21. The molecule has 0 aliphatic carbocycles. The van der Waals surface area contributed by atoms with Crippen molar-refractivity contribution in [1.82, 2.24) is 4.90 Å². The van der Waals surface area contributed by atoms with Gasteiger partial charge in [0.2, 0.25) is 5.91 Å². The summed E-state index contributed by atoms with van der Waals surface area (Å²) in [4.78, 5) is 14.1. The molecule has 0 aromatic carbocycles. The van der Waals surface area contributed by atoms with Crippen LogP contribution in [-0.2, 0) is 24.5 Å². The van der Waals surface area contributed by atoms with Crippen molar-refractivity contribution < 1.29 is 21.6 Å². The molecule has 2 heterocycles. The van der Waals surface area contributed by atoms with Crippen molar-refractivity contribution in [2.45, 2.75) is 32.2 Å². The van der Waals surface area contributed by atoms with Gasteiger partial charge in [0, 0.05) is 18.5 Å². The highest BCUT2D eigenvalue weighted by molar-refractivity contribution is 7.91. The molecule has 2 saturated heterocycles. The van der Waals surface area contributed by atoms with Crippen LogP contribution in [0.4, 0.5) is 0 Å². The van der Waals surface area contributed by atoms with E-state index in [1.165, 1.54) is 0 Å². The highest BCUT2D eigenvalue weighted by Crippen LogP contribution is 2.25. The molecule has 2 fully saturated rings. The second kappa shape index (κ2) is 5.63. The van der Waals surface area contributed by atoms with Gasteiger partial charge in [-0.15, -0.1) is 0 Å².